The Morgan fingerprint density at radius 3 is 1.81 bits per heavy atom. The van der Waals surface area contributed by atoms with Gasteiger partial charge in [-0.1, -0.05) is 83.5 Å². The molecular weight excluding hydrogens is 390 g/mol. The summed E-state index contributed by atoms with van der Waals surface area (Å²) in [7, 11) is 1.74. The summed E-state index contributed by atoms with van der Waals surface area (Å²) in [5.74, 6) is 0.879. The number of benzene rings is 3. The first-order chi connectivity index (χ1) is 14.9. The SMILES string of the molecule is COc1ccc(C(C)Nc2ccc(C)cc2)c(-c2cc(C(C)(C)C)cc(C(C)(C)C)c2)c1. The standard InChI is InChI=1S/C30H39NO/c1-20-10-12-25(13-11-20)31-21(2)27-15-14-26(32-9)19-28(27)22-16-23(29(3,4)5)18-24(17-22)30(6,7)8/h10-19,21,31H,1-9H3. The lowest BCUT2D eigenvalue weighted by Crippen LogP contribution is -2.17. The van der Waals surface area contributed by atoms with E-state index in [0.29, 0.717) is 0 Å². The van der Waals surface area contributed by atoms with Gasteiger partial charge in [-0.25, -0.2) is 0 Å². The maximum Gasteiger partial charge on any atom is 0.119 e. The molecule has 0 heterocycles. The molecule has 2 nitrogen and oxygen atoms in total. The average Bonchev–Trinajstić information content (AvgIpc) is 2.73. The highest BCUT2D eigenvalue weighted by Gasteiger charge is 2.22. The molecule has 3 aromatic carbocycles. The lowest BCUT2D eigenvalue weighted by molar-refractivity contribution is 0.415. The van der Waals surface area contributed by atoms with Crippen LogP contribution in [0.2, 0.25) is 0 Å². The van der Waals surface area contributed by atoms with Gasteiger partial charge in [0.2, 0.25) is 0 Å². The van der Waals surface area contributed by atoms with Crippen molar-refractivity contribution >= 4 is 5.69 Å². The van der Waals surface area contributed by atoms with Gasteiger partial charge < -0.3 is 10.1 Å². The Kier molecular flexibility index (Phi) is 6.74. The van der Waals surface area contributed by atoms with Crippen LogP contribution in [0.25, 0.3) is 11.1 Å². The third kappa shape index (κ3) is 5.54. The Bertz CT molecular complexity index is 1030. The van der Waals surface area contributed by atoms with Crippen molar-refractivity contribution in [1.82, 2.24) is 0 Å². The predicted octanol–water partition coefficient (Wildman–Crippen LogP) is 8.44. The van der Waals surface area contributed by atoms with Gasteiger partial charge in [0, 0.05) is 11.7 Å². The number of ether oxygens (including phenoxy) is 1. The molecule has 0 spiro atoms. The number of aryl methyl sites for hydroxylation is 1. The molecule has 2 heteroatoms. The molecule has 1 atom stereocenters. The number of methoxy groups -OCH3 is 1. The van der Waals surface area contributed by atoms with E-state index >= 15 is 0 Å². The highest BCUT2D eigenvalue weighted by molar-refractivity contribution is 5.72. The fourth-order valence-corrected chi connectivity index (χ4v) is 3.92. The molecule has 0 amide bonds. The van der Waals surface area contributed by atoms with E-state index in [4.69, 9.17) is 4.74 Å². The monoisotopic (exact) mass is 429 g/mol. The number of rotatable bonds is 5. The van der Waals surface area contributed by atoms with E-state index < -0.39 is 0 Å². The molecule has 3 rings (SSSR count). The number of nitrogens with one attached hydrogen (secondary N) is 1. The van der Waals surface area contributed by atoms with Crippen molar-refractivity contribution in [3.8, 4) is 16.9 Å². The molecule has 0 aromatic heterocycles. The zero-order valence-electron chi connectivity index (χ0n) is 21.3. The second-order valence-corrected chi connectivity index (χ2v) is 11.0. The summed E-state index contributed by atoms with van der Waals surface area (Å²) in [6.07, 6.45) is 0. The number of hydrogen-bond acceptors (Lipinski definition) is 2. The van der Waals surface area contributed by atoms with E-state index in [9.17, 15) is 0 Å². The van der Waals surface area contributed by atoms with Crippen LogP contribution in [0.15, 0.2) is 60.7 Å². The maximum absolute atomic E-state index is 5.62. The molecule has 0 fully saturated rings. The van der Waals surface area contributed by atoms with Crippen LogP contribution in [0.3, 0.4) is 0 Å². The van der Waals surface area contributed by atoms with E-state index in [2.05, 4.69) is 121 Å². The van der Waals surface area contributed by atoms with E-state index in [1.807, 2.05) is 0 Å². The van der Waals surface area contributed by atoms with Crippen molar-refractivity contribution < 1.29 is 4.74 Å². The van der Waals surface area contributed by atoms with Crippen LogP contribution in [0.4, 0.5) is 5.69 Å². The summed E-state index contributed by atoms with van der Waals surface area (Å²) < 4.78 is 5.62. The smallest absolute Gasteiger partial charge is 0.119 e. The molecule has 32 heavy (non-hydrogen) atoms. The minimum Gasteiger partial charge on any atom is -0.497 e. The minimum atomic E-state index is 0.0702. The van der Waals surface area contributed by atoms with Gasteiger partial charge in [-0.3, -0.25) is 0 Å². The third-order valence-corrected chi connectivity index (χ3v) is 6.14. The molecule has 1 unspecified atom stereocenters. The van der Waals surface area contributed by atoms with Gasteiger partial charge in [0.25, 0.3) is 0 Å². The first-order valence-corrected chi connectivity index (χ1v) is 11.6. The van der Waals surface area contributed by atoms with Gasteiger partial charge in [0.1, 0.15) is 5.75 Å². The van der Waals surface area contributed by atoms with Crippen molar-refractivity contribution in [2.75, 3.05) is 12.4 Å². The van der Waals surface area contributed by atoms with Crippen molar-refractivity contribution in [3.63, 3.8) is 0 Å². The molecule has 0 aliphatic heterocycles. The lowest BCUT2D eigenvalue weighted by Gasteiger charge is -2.27. The van der Waals surface area contributed by atoms with E-state index in [-0.39, 0.29) is 16.9 Å². The van der Waals surface area contributed by atoms with Gasteiger partial charge in [0.15, 0.2) is 0 Å². The number of hydrogen-bond donors (Lipinski definition) is 1. The van der Waals surface area contributed by atoms with E-state index in [1.165, 1.54) is 33.4 Å². The van der Waals surface area contributed by atoms with Gasteiger partial charge in [0.05, 0.1) is 7.11 Å². The maximum atomic E-state index is 5.62. The van der Waals surface area contributed by atoms with Crippen LogP contribution in [0.5, 0.6) is 5.75 Å². The topological polar surface area (TPSA) is 21.3 Å². The Morgan fingerprint density at radius 2 is 1.31 bits per heavy atom. The zero-order chi connectivity index (χ0) is 23.7. The van der Waals surface area contributed by atoms with Crippen LogP contribution in [0.1, 0.15) is 76.8 Å². The van der Waals surface area contributed by atoms with Crippen LogP contribution >= 0.6 is 0 Å². The zero-order valence-corrected chi connectivity index (χ0v) is 21.3. The lowest BCUT2D eigenvalue weighted by atomic mass is 9.78. The molecule has 3 aromatic rings. The summed E-state index contributed by atoms with van der Waals surface area (Å²) >= 11 is 0. The molecule has 0 radical (unpaired) electrons. The Morgan fingerprint density at radius 1 is 0.750 bits per heavy atom. The van der Waals surface area contributed by atoms with E-state index in [1.54, 1.807) is 7.11 Å². The largest absolute Gasteiger partial charge is 0.497 e. The summed E-state index contributed by atoms with van der Waals surface area (Å²) in [6.45, 7) is 18.0. The second-order valence-electron chi connectivity index (χ2n) is 11.0. The van der Waals surface area contributed by atoms with Crippen molar-refractivity contribution in [3.05, 3.63) is 82.9 Å². The first-order valence-electron chi connectivity index (χ1n) is 11.6. The quantitative estimate of drug-likeness (QED) is 0.439. The van der Waals surface area contributed by atoms with Gasteiger partial charge in [-0.05, 0) is 76.8 Å². The Hall–Kier alpha value is -2.74. The molecule has 0 saturated heterocycles. The van der Waals surface area contributed by atoms with Gasteiger partial charge >= 0.3 is 0 Å². The molecule has 0 bridgehead atoms. The van der Waals surface area contributed by atoms with Crippen LogP contribution < -0.4 is 10.1 Å². The van der Waals surface area contributed by atoms with Crippen LogP contribution in [-0.4, -0.2) is 7.11 Å². The normalized spacial score (nSPS) is 13.0. The Balaban J connectivity index is 2.15. The summed E-state index contributed by atoms with van der Waals surface area (Å²) in [4.78, 5) is 0. The first kappa shape index (κ1) is 23.9. The third-order valence-electron chi connectivity index (χ3n) is 6.14. The van der Waals surface area contributed by atoms with Gasteiger partial charge in [-0.2, -0.15) is 0 Å². The molecule has 1 N–H and O–H groups in total. The van der Waals surface area contributed by atoms with Crippen molar-refractivity contribution in [2.45, 2.75) is 72.3 Å². The molecule has 170 valence electrons. The molecular formula is C30H39NO. The fraction of sp³-hybridized carbons (Fsp3) is 0.400. The molecule has 0 aliphatic carbocycles. The summed E-state index contributed by atoms with van der Waals surface area (Å²) in [6, 6.07) is 22.2. The average molecular weight is 430 g/mol. The highest BCUT2D eigenvalue weighted by atomic mass is 16.5. The van der Waals surface area contributed by atoms with Gasteiger partial charge in [-0.15, -0.1) is 0 Å². The number of anilines is 1. The highest BCUT2D eigenvalue weighted by Crippen LogP contribution is 2.38. The fourth-order valence-electron chi connectivity index (χ4n) is 3.92. The summed E-state index contributed by atoms with van der Waals surface area (Å²) in [5.41, 5.74) is 8.97. The summed E-state index contributed by atoms with van der Waals surface area (Å²) in [5, 5.41) is 3.68. The molecule has 0 aliphatic rings. The van der Waals surface area contributed by atoms with Crippen molar-refractivity contribution in [2.24, 2.45) is 0 Å². The molecule has 0 saturated carbocycles. The second kappa shape index (κ2) is 9.02. The van der Waals surface area contributed by atoms with Crippen LogP contribution in [-0.2, 0) is 10.8 Å². The Labute approximate surface area is 195 Å². The van der Waals surface area contributed by atoms with Crippen LogP contribution in [0, 0.1) is 6.92 Å². The minimum absolute atomic E-state index is 0.0702. The van der Waals surface area contributed by atoms with E-state index in [0.717, 1.165) is 11.4 Å². The van der Waals surface area contributed by atoms with Crippen molar-refractivity contribution in [1.29, 1.82) is 0 Å². The predicted molar refractivity (Wildman–Crippen MR) is 139 cm³/mol.